The van der Waals surface area contributed by atoms with E-state index in [1.165, 1.54) is 13.8 Å². The summed E-state index contributed by atoms with van der Waals surface area (Å²) >= 11 is 0. The lowest BCUT2D eigenvalue weighted by Gasteiger charge is -2.18. The maximum absolute atomic E-state index is 11.9. The minimum atomic E-state index is -3.58. The number of rotatable bonds is 3. The number of anilines is 1. The third-order valence-electron chi connectivity index (χ3n) is 3.16. The highest BCUT2D eigenvalue weighted by Crippen LogP contribution is 2.22. The minimum absolute atomic E-state index is 0.381. The molecule has 1 aliphatic heterocycles. The van der Waals surface area contributed by atoms with Gasteiger partial charge in [0.1, 0.15) is 0 Å². The number of sulfonamides is 1. The Balaban J connectivity index is 2.21. The van der Waals surface area contributed by atoms with Gasteiger partial charge in [0.05, 0.1) is 5.25 Å². The van der Waals surface area contributed by atoms with Crippen LogP contribution in [0.1, 0.15) is 36.2 Å². The number of benzene rings is 1. The molecule has 0 saturated carbocycles. The molecule has 0 unspecified atom stereocenters. The Bertz CT molecular complexity index is 594. The van der Waals surface area contributed by atoms with E-state index in [0.29, 0.717) is 5.56 Å². The lowest BCUT2D eigenvalue weighted by atomic mass is 10.0. The van der Waals surface area contributed by atoms with Crippen LogP contribution in [0.2, 0.25) is 0 Å². The molecule has 104 valence electrons. The average Bonchev–Trinajstić information content (AvgIpc) is 2.37. The monoisotopic (exact) mass is 282 g/mol. The molecular weight excluding hydrogens is 264 g/mol. The molecule has 2 N–H and O–H groups in total. The van der Waals surface area contributed by atoms with Gasteiger partial charge in [0.15, 0.2) is 0 Å². The van der Waals surface area contributed by atoms with Crippen LogP contribution in [0, 0.1) is 0 Å². The molecule has 0 atom stereocenters. The van der Waals surface area contributed by atoms with Crippen molar-refractivity contribution in [2.45, 2.75) is 31.9 Å². The smallest absolute Gasteiger partial charge is 0.264 e. The first kappa shape index (κ1) is 13.9. The second-order valence-electron chi connectivity index (χ2n) is 4.93. The van der Waals surface area contributed by atoms with Crippen LogP contribution in [0.5, 0.6) is 0 Å². The van der Waals surface area contributed by atoms with Gasteiger partial charge in [-0.2, -0.15) is 0 Å². The molecule has 0 radical (unpaired) electrons. The van der Waals surface area contributed by atoms with Crippen molar-refractivity contribution in [2.24, 2.45) is 0 Å². The van der Waals surface area contributed by atoms with Crippen LogP contribution in [-0.4, -0.2) is 26.1 Å². The highest BCUT2D eigenvalue weighted by atomic mass is 32.2. The Morgan fingerprint density at radius 2 is 2.11 bits per heavy atom. The van der Waals surface area contributed by atoms with Crippen LogP contribution in [0.3, 0.4) is 0 Å². The summed E-state index contributed by atoms with van der Waals surface area (Å²) < 4.78 is 25.4. The summed E-state index contributed by atoms with van der Waals surface area (Å²) in [5.41, 5.74) is 2.46. The molecule has 1 heterocycles. The Kier molecular flexibility index (Phi) is 3.80. The fourth-order valence-corrected chi connectivity index (χ4v) is 2.53. The molecule has 2 rings (SSSR count). The number of hydrogen-bond donors (Lipinski definition) is 2. The van der Waals surface area contributed by atoms with E-state index in [1.54, 1.807) is 12.1 Å². The van der Waals surface area contributed by atoms with Gasteiger partial charge in [0.25, 0.3) is 5.91 Å². The van der Waals surface area contributed by atoms with Crippen LogP contribution < -0.4 is 10.0 Å². The zero-order valence-electron chi connectivity index (χ0n) is 11.1. The molecule has 0 aromatic heterocycles. The molecule has 0 aliphatic carbocycles. The summed E-state index contributed by atoms with van der Waals surface area (Å²) in [6.07, 6.45) is 1.92. The number of fused-ring (bicyclic) bond motifs is 1. The predicted octanol–water partition coefficient (Wildman–Crippen LogP) is 1.51. The lowest BCUT2D eigenvalue weighted by Crippen LogP contribution is -2.35. The van der Waals surface area contributed by atoms with Crippen molar-refractivity contribution in [2.75, 3.05) is 11.9 Å². The van der Waals surface area contributed by atoms with Gasteiger partial charge >= 0.3 is 0 Å². The molecular formula is C13H18N2O3S. The third kappa shape index (κ3) is 3.07. The first-order chi connectivity index (χ1) is 8.90. The molecule has 0 spiro atoms. The Hall–Kier alpha value is -1.56. The largest absolute Gasteiger partial charge is 0.385 e. The topological polar surface area (TPSA) is 75.3 Å². The molecule has 5 nitrogen and oxygen atoms in total. The second kappa shape index (κ2) is 5.21. The number of aryl methyl sites for hydroxylation is 1. The van der Waals surface area contributed by atoms with Gasteiger partial charge in [0, 0.05) is 17.8 Å². The molecule has 0 fully saturated rings. The van der Waals surface area contributed by atoms with Crippen LogP contribution in [0.4, 0.5) is 5.69 Å². The standard InChI is InChI=1S/C13H18N2O3S/c1-9(2)19(17,18)15-13(16)11-5-6-12-10(8-11)4-3-7-14-12/h5-6,8-9,14H,3-4,7H2,1-2H3,(H,15,16). The van der Waals surface area contributed by atoms with E-state index in [9.17, 15) is 13.2 Å². The van der Waals surface area contributed by atoms with Crippen molar-refractivity contribution in [3.05, 3.63) is 29.3 Å². The van der Waals surface area contributed by atoms with E-state index in [-0.39, 0.29) is 0 Å². The summed E-state index contributed by atoms with van der Waals surface area (Å²) in [6, 6.07) is 5.22. The molecule has 1 aliphatic rings. The second-order valence-corrected chi connectivity index (χ2v) is 7.16. The van der Waals surface area contributed by atoms with Gasteiger partial charge in [-0.3, -0.25) is 4.79 Å². The number of carbonyl (C=O) groups excluding carboxylic acids is 1. The molecule has 19 heavy (non-hydrogen) atoms. The Labute approximate surface area is 113 Å². The van der Waals surface area contributed by atoms with Gasteiger partial charge in [-0.15, -0.1) is 0 Å². The quantitative estimate of drug-likeness (QED) is 0.881. The zero-order valence-corrected chi connectivity index (χ0v) is 11.9. The summed E-state index contributed by atoms with van der Waals surface area (Å²) in [6.45, 7) is 4.00. The van der Waals surface area contributed by atoms with Gasteiger partial charge in [0.2, 0.25) is 10.0 Å². The summed E-state index contributed by atoms with van der Waals surface area (Å²) in [7, 11) is -3.58. The maximum atomic E-state index is 11.9. The van der Waals surface area contributed by atoms with E-state index in [4.69, 9.17) is 0 Å². The van der Waals surface area contributed by atoms with Crippen LogP contribution >= 0.6 is 0 Å². The number of carbonyl (C=O) groups is 1. The average molecular weight is 282 g/mol. The summed E-state index contributed by atoms with van der Waals surface area (Å²) in [5, 5.41) is 2.62. The lowest BCUT2D eigenvalue weighted by molar-refractivity contribution is 0.0981. The van der Waals surface area contributed by atoms with Gasteiger partial charge in [-0.1, -0.05) is 0 Å². The Morgan fingerprint density at radius 1 is 1.37 bits per heavy atom. The van der Waals surface area contributed by atoms with Crippen molar-refractivity contribution >= 4 is 21.6 Å². The highest BCUT2D eigenvalue weighted by molar-refractivity contribution is 7.90. The summed E-state index contributed by atoms with van der Waals surface area (Å²) in [4.78, 5) is 11.9. The third-order valence-corrected chi connectivity index (χ3v) is 4.87. The van der Waals surface area contributed by atoms with E-state index in [0.717, 1.165) is 30.6 Å². The predicted molar refractivity (Wildman–Crippen MR) is 74.8 cm³/mol. The van der Waals surface area contributed by atoms with E-state index < -0.39 is 21.2 Å². The molecule has 0 bridgehead atoms. The first-order valence-electron chi connectivity index (χ1n) is 6.33. The van der Waals surface area contributed by atoms with Crippen molar-refractivity contribution < 1.29 is 13.2 Å². The fourth-order valence-electron chi connectivity index (χ4n) is 1.92. The maximum Gasteiger partial charge on any atom is 0.264 e. The van der Waals surface area contributed by atoms with Gasteiger partial charge < -0.3 is 5.32 Å². The van der Waals surface area contributed by atoms with Gasteiger partial charge in [-0.25, -0.2) is 13.1 Å². The normalized spacial score (nSPS) is 14.7. The fraction of sp³-hybridized carbons (Fsp3) is 0.462. The Morgan fingerprint density at radius 3 is 2.79 bits per heavy atom. The molecule has 0 saturated heterocycles. The SMILES string of the molecule is CC(C)S(=O)(=O)NC(=O)c1ccc2c(c1)CCCN2. The molecule has 1 aromatic carbocycles. The first-order valence-corrected chi connectivity index (χ1v) is 7.87. The van der Waals surface area contributed by atoms with Gasteiger partial charge in [-0.05, 0) is 50.5 Å². The molecule has 1 aromatic rings. The molecule has 1 amide bonds. The number of nitrogens with one attached hydrogen (secondary N) is 2. The highest BCUT2D eigenvalue weighted by Gasteiger charge is 2.20. The van der Waals surface area contributed by atoms with E-state index in [1.807, 2.05) is 6.07 Å². The van der Waals surface area contributed by atoms with E-state index >= 15 is 0 Å². The molecule has 6 heteroatoms. The van der Waals surface area contributed by atoms with Crippen molar-refractivity contribution in [1.82, 2.24) is 4.72 Å². The minimum Gasteiger partial charge on any atom is -0.385 e. The van der Waals surface area contributed by atoms with Crippen LogP contribution in [0.15, 0.2) is 18.2 Å². The van der Waals surface area contributed by atoms with Crippen molar-refractivity contribution in [3.8, 4) is 0 Å². The number of hydrogen-bond acceptors (Lipinski definition) is 4. The van der Waals surface area contributed by atoms with Crippen LogP contribution in [-0.2, 0) is 16.4 Å². The zero-order chi connectivity index (χ0) is 14.0. The summed E-state index contributed by atoms with van der Waals surface area (Å²) in [5.74, 6) is -0.568. The van der Waals surface area contributed by atoms with Crippen LogP contribution in [0.25, 0.3) is 0 Å². The van der Waals surface area contributed by atoms with E-state index in [2.05, 4.69) is 10.0 Å². The number of amides is 1. The van der Waals surface area contributed by atoms with Crippen molar-refractivity contribution in [3.63, 3.8) is 0 Å². The van der Waals surface area contributed by atoms with Crippen molar-refractivity contribution in [1.29, 1.82) is 0 Å².